The van der Waals surface area contributed by atoms with Crippen LogP contribution < -0.4 is 9.47 Å². The number of hydrogen-bond donors (Lipinski definition) is 0. The largest absolute Gasteiger partial charge is 0.483 e. The molecule has 0 aromatic heterocycles. The van der Waals surface area contributed by atoms with Crippen LogP contribution in [0.15, 0.2) is 18.2 Å². The van der Waals surface area contributed by atoms with E-state index in [1.807, 2.05) is 6.07 Å². The van der Waals surface area contributed by atoms with E-state index in [9.17, 15) is 8.78 Å². The van der Waals surface area contributed by atoms with Gasteiger partial charge in [0.25, 0.3) is 0 Å². The van der Waals surface area contributed by atoms with Crippen LogP contribution in [0.3, 0.4) is 0 Å². The van der Waals surface area contributed by atoms with Gasteiger partial charge in [0.2, 0.25) is 0 Å². The molecule has 1 spiro atoms. The molecule has 2 nitrogen and oxygen atoms in total. The third kappa shape index (κ3) is 1.85. The molecule has 0 amide bonds. The highest BCUT2D eigenvalue weighted by molar-refractivity contribution is 5.50. The number of para-hydroxylation sites is 1. The molecule has 17 heavy (non-hydrogen) atoms. The summed E-state index contributed by atoms with van der Waals surface area (Å²) >= 11 is 0. The van der Waals surface area contributed by atoms with Crippen molar-refractivity contribution in [2.24, 2.45) is 0 Å². The minimum absolute atomic E-state index is 0.149. The van der Waals surface area contributed by atoms with Crippen LogP contribution in [-0.2, 0) is 6.42 Å². The Morgan fingerprint density at radius 3 is 2.71 bits per heavy atom. The predicted octanol–water partition coefficient (Wildman–Crippen LogP) is 3.54. The molecule has 4 heteroatoms. The van der Waals surface area contributed by atoms with Gasteiger partial charge in [-0.1, -0.05) is 12.1 Å². The summed E-state index contributed by atoms with van der Waals surface area (Å²) in [5, 5.41) is 0. The van der Waals surface area contributed by atoms with E-state index in [2.05, 4.69) is 4.74 Å². The van der Waals surface area contributed by atoms with E-state index in [0.29, 0.717) is 5.75 Å². The number of fused-ring (bicyclic) bond motifs is 1. The first-order valence-corrected chi connectivity index (χ1v) is 5.94. The summed E-state index contributed by atoms with van der Waals surface area (Å²) in [5.41, 5.74) is 0.842. The molecule has 2 aliphatic rings. The zero-order chi connectivity index (χ0) is 11.9. The average Bonchev–Trinajstić information content (AvgIpc) is 2.86. The fourth-order valence-electron chi connectivity index (χ4n) is 2.90. The molecule has 3 rings (SSSR count). The normalized spacial score (nSPS) is 20.6. The Balaban J connectivity index is 1.91. The van der Waals surface area contributed by atoms with Gasteiger partial charge in [-0.05, 0) is 31.7 Å². The van der Waals surface area contributed by atoms with Crippen molar-refractivity contribution in [1.82, 2.24) is 0 Å². The Kier molecular flexibility index (Phi) is 2.45. The van der Waals surface area contributed by atoms with Crippen LogP contribution in [0.4, 0.5) is 8.78 Å². The van der Waals surface area contributed by atoms with E-state index in [0.717, 1.165) is 37.7 Å². The molecule has 1 aromatic rings. The monoisotopic (exact) mass is 240 g/mol. The molecular weight excluding hydrogens is 226 g/mol. The number of benzene rings is 1. The minimum atomic E-state index is -2.80. The Morgan fingerprint density at radius 1 is 1.24 bits per heavy atom. The van der Waals surface area contributed by atoms with Crippen molar-refractivity contribution in [1.29, 1.82) is 0 Å². The summed E-state index contributed by atoms with van der Waals surface area (Å²) in [6, 6.07) is 5.22. The Labute approximate surface area is 98.5 Å². The van der Waals surface area contributed by atoms with Crippen LogP contribution in [0.5, 0.6) is 11.5 Å². The molecule has 92 valence electrons. The minimum Gasteiger partial charge on any atom is -0.483 e. The molecule has 1 fully saturated rings. The fraction of sp³-hybridized carbons (Fsp3) is 0.538. The van der Waals surface area contributed by atoms with Gasteiger partial charge in [0, 0.05) is 12.0 Å². The van der Waals surface area contributed by atoms with E-state index < -0.39 is 6.61 Å². The van der Waals surface area contributed by atoms with Crippen LogP contribution in [0.1, 0.15) is 31.2 Å². The van der Waals surface area contributed by atoms with Crippen molar-refractivity contribution in [2.75, 3.05) is 0 Å². The van der Waals surface area contributed by atoms with Gasteiger partial charge in [0.1, 0.15) is 5.60 Å². The van der Waals surface area contributed by atoms with E-state index in [1.165, 1.54) is 0 Å². The van der Waals surface area contributed by atoms with Crippen LogP contribution in [0, 0.1) is 0 Å². The van der Waals surface area contributed by atoms with E-state index in [1.54, 1.807) is 12.1 Å². The summed E-state index contributed by atoms with van der Waals surface area (Å²) in [4.78, 5) is 0. The Morgan fingerprint density at radius 2 is 2.00 bits per heavy atom. The predicted molar refractivity (Wildman–Crippen MR) is 58.6 cm³/mol. The topological polar surface area (TPSA) is 18.5 Å². The molecular formula is C13H14F2O2. The van der Waals surface area contributed by atoms with E-state index >= 15 is 0 Å². The average molecular weight is 240 g/mol. The maximum Gasteiger partial charge on any atom is 0.387 e. The van der Waals surface area contributed by atoms with Crippen molar-refractivity contribution in [2.45, 2.75) is 44.3 Å². The lowest BCUT2D eigenvalue weighted by Crippen LogP contribution is -2.30. The third-order valence-corrected chi connectivity index (χ3v) is 3.62. The van der Waals surface area contributed by atoms with Crippen molar-refractivity contribution in [3.05, 3.63) is 23.8 Å². The van der Waals surface area contributed by atoms with Crippen LogP contribution in [0.2, 0.25) is 0 Å². The molecule has 1 aromatic carbocycles. The number of hydrogen-bond acceptors (Lipinski definition) is 2. The Hall–Kier alpha value is -1.32. The first-order chi connectivity index (χ1) is 8.19. The molecule has 1 aliphatic heterocycles. The molecule has 0 saturated heterocycles. The van der Waals surface area contributed by atoms with Gasteiger partial charge in [0.05, 0.1) is 0 Å². The highest BCUT2D eigenvalue weighted by Gasteiger charge is 2.43. The molecule has 1 saturated carbocycles. The highest BCUT2D eigenvalue weighted by atomic mass is 19.3. The van der Waals surface area contributed by atoms with Gasteiger partial charge < -0.3 is 9.47 Å². The van der Waals surface area contributed by atoms with Gasteiger partial charge >= 0.3 is 6.61 Å². The molecule has 0 radical (unpaired) electrons. The van der Waals surface area contributed by atoms with Gasteiger partial charge in [-0.3, -0.25) is 0 Å². The Bertz CT molecular complexity index is 425. The molecule has 1 heterocycles. The summed E-state index contributed by atoms with van der Waals surface area (Å²) in [7, 11) is 0. The number of rotatable bonds is 2. The fourth-order valence-corrected chi connectivity index (χ4v) is 2.90. The highest BCUT2D eigenvalue weighted by Crippen LogP contribution is 2.48. The first kappa shape index (κ1) is 10.8. The summed E-state index contributed by atoms with van der Waals surface area (Å²) < 4.78 is 35.0. The third-order valence-electron chi connectivity index (χ3n) is 3.62. The van der Waals surface area contributed by atoms with Crippen molar-refractivity contribution >= 4 is 0 Å². The van der Waals surface area contributed by atoms with Crippen LogP contribution in [0.25, 0.3) is 0 Å². The van der Waals surface area contributed by atoms with Crippen LogP contribution >= 0.6 is 0 Å². The lowest BCUT2D eigenvalue weighted by molar-refractivity contribution is -0.0526. The van der Waals surface area contributed by atoms with Gasteiger partial charge in [0.15, 0.2) is 11.5 Å². The van der Waals surface area contributed by atoms with E-state index in [4.69, 9.17) is 4.74 Å². The second kappa shape index (κ2) is 3.86. The van der Waals surface area contributed by atoms with Crippen LogP contribution in [-0.4, -0.2) is 12.2 Å². The number of halogens is 2. The number of ether oxygens (including phenoxy) is 2. The van der Waals surface area contributed by atoms with Crippen molar-refractivity contribution < 1.29 is 18.3 Å². The zero-order valence-electron chi connectivity index (χ0n) is 9.42. The smallest absolute Gasteiger partial charge is 0.387 e. The molecule has 0 N–H and O–H groups in total. The van der Waals surface area contributed by atoms with Gasteiger partial charge in [-0.2, -0.15) is 8.78 Å². The van der Waals surface area contributed by atoms with Crippen molar-refractivity contribution in [3.8, 4) is 11.5 Å². The second-order valence-corrected chi connectivity index (χ2v) is 4.79. The lowest BCUT2D eigenvalue weighted by Gasteiger charge is -2.22. The van der Waals surface area contributed by atoms with Crippen molar-refractivity contribution in [3.63, 3.8) is 0 Å². The molecule has 1 aliphatic carbocycles. The standard InChI is InChI=1S/C13H14F2O2/c14-12(15)16-10-5-3-4-9-8-13(17-11(9)10)6-1-2-7-13/h3-5,12H,1-2,6-8H2. The quantitative estimate of drug-likeness (QED) is 0.787. The first-order valence-electron chi connectivity index (χ1n) is 5.94. The summed E-state index contributed by atoms with van der Waals surface area (Å²) in [5.74, 6) is 0.691. The molecule has 0 atom stereocenters. The van der Waals surface area contributed by atoms with Gasteiger partial charge in [-0.15, -0.1) is 0 Å². The number of alkyl halides is 2. The molecule has 0 bridgehead atoms. The second-order valence-electron chi connectivity index (χ2n) is 4.79. The lowest BCUT2D eigenvalue weighted by atomic mass is 9.96. The maximum absolute atomic E-state index is 12.3. The zero-order valence-corrected chi connectivity index (χ0v) is 9.42. The summed E-state index contributed by atoms with van der Waals surface area (Å²) in [6.07, 6.45) is 5.15. The SMILES string of the molecule is FC(F)Oc1cccc2c1OC1(CCCC1)C2. The maximum atomic E-state index is 12.3. The summed E-state index contributed by atoms with van der Waals surface area (Å²) in [6.45, 7) is -2.80. The van der Waals surface area contributed by atoms with Gasteiger partial charge in [-0.25, -0.2) is 0 Å². The molecule has 0 unspecified atom stereocenters. The van der Waals surface area contributed by atoms with E-state index in [-0.39, 0.29) is 11.4 Å².